The predicted octanol–water partition coefficient (Wildman–Crippen LogP) is 4.29. The van der Waals surface area contributed by atoms with Crippen LogP contribution in [0.1, 0.15) is 84.4 Å². The summed E-state index contributed by atoms with van der Waals surface area (Å²) in [5.41, 5.74) is 5.25. The molecule has 26 heteroatoms. The molecule has 1 aromatic rings. The highest BCUT2D eigenvalue weighted by atomic mass is 33.1. The Morgan fingerprint density at radius 2 is 1.87 bits per heavy atom. The van der Waals surface area contributed by atoms with E-state index in [2.05, 4.69) is 46.2 Å². The second kappa shape index (κ2) is 23.6. The van der Waals surface area contributed by atoms with Gasteiger partial charge in [0.25, 0.3) is 0 Å². The maximum atomic E-state index is 12.8. The van der Waals surface area contributed by atoms with Crippen molar-refractivity contribution in [2.24, 2.45) is 0 Å². The lowest BCUT2D eigenvalue weighted by Crippen LogP contribution is -2.30. The molecule has 310 valence electrons. The molecule has 3 unspecified atom stereocenters. The fourth-order valence-corrected chi connectivity index (χ4v) is 10.6. The number of phosphoric ester groups is 1. The first-order valence-electron chi connectivity index (χ1n) is 16.5. The van der Waals surface area contributed by atoms with Gasteiger partial charge in [0.1, 0.15) is 24.1 Å². The third-order valence-corrected chi connectivity index (χ3v) is 15.8. The zero-order valence-corrected chi connectivity index (χ0v) is 36.1. The molecule has 19 nitrogen and oxygen atoms in total. The fraction of sp³-hybridized carbons (Fsp3) is 0.750. The van der Waals surface area contributed by atoms with Crippen LogP contribution < -0.4 is 11.4 Å². The van der Waals surface area contributed by atoms with Crippen LogP contribution in [0.4, 0.5) is 5.82 Å². The maximum Gasteiger partial charge on any atom is 0.490 e. The molecule has 0 radical (unpaired) electrons. The molecule has 1 aliphatic heterocycles. The van der Waals surface area contributed by atoms with Crippen LogP contribution in [-0.2, 0) is 71.2 Å². The molecule has 1 fully saturated rings. The molecule has 6 atom stereocenters. The molecule has 1 aromatic heterocycles. The smallest absolute Gasteiger partial charge is 0.466 e. The molecular formula is C28H48N3O16P3S4. The molecule has 0 amide bonds. The van der Waals surface area contributed by atoms with Gasteiger partial charge in [-0.3, -0.25) is 13.9 Å². The number of esters is 1. The van der Waals surface area contributed by atoms with Crippen LogP contribution in [0.2, 0.25) is 0 Å². The Hall–Kier alpha value is -0.730. The summed E-state index contributed by atoms with van der Waals surface area (Å²) in [6.07, 6.45) is 1.91. The van der Waals surface area contributed by atoms with E-state index >= 15 is 0 Å². The number of unbranched alkanes of at least 4 members (excludes halogenated alkanes) is 1. The van der Waals surface area contributed by atoms with Gasteiger partial charge in [-0.25, -0.2) is 18.5 Å². The summed E-state index contributed by atoms with van der Waals surface area (Å²) < 4.78 is 71.0. The van der Waals surface area contributed by atoms with Crippen LogP contribution in [0.15, 0.2) is 11.0 Å². The molecule has 0 aromatic carbocycles. The molecule has 0 spiro atoms. The minimum atomic E-state index is -5.75. The van der Waals surface area contributed by atoms with Crippen LogP contribution in [0.25, 0.3) is 0 Å². The summed E-state index contributed by atoms with van der Waals surface area (Å²) in [6, 6.07) is 0. The second-order valence-corrected chi connectivity index (χ2v) is 22.5. The molecular weight excluding hydrogens is 856 g/mol. The van der Waals surface area contributed by atoms with E-state index in [1.54, 1.807) is 10.8 Å². The third kappa shape index (κ3) is 20.1. The van der Waals surface area contributed by atoms with Gasteiger partial charge in [0.15, 0.2) is 0 Å². The van der Waals surface area contributed by atoms with Crippen molar-refractivity contribution in [1.82, 2.24) is 9.55 Å². The van der Waals surface area contributed by atoms with E-state index in [0.29, 0.717) is 24.7 Å². The minimum absolute atomic E-state index is 0.0161. The number of anilines is 1. The Bertz CT molecular complexity index is 1670. The summed E-state index contributed by atoms with van der Waals surface area (Å²) in [4.78, 5) is 65.6. The van der Waals surface area contributed by atoms with E-state index < -0.39 is 69.6 Å². The topological polar surface area (TPSA) is 275 Å². The number of nitrogen functional groups attached to an aromatic ring is 1. The van der Waals surface area contributed by atoms with Crippen LogP contribution in [0, 0.1) is 11.8 Å². The van der Waals surface area contributed by atoms with Crippen LogP contribution in [0.3, 0.4) is 0 Å². The van der Waals surface area contributed by atoms with Crippen LogP contribution in [-0.4, -0.2) is 89.5 Å². The first-order valence-corrected chi connectivity index (χ1v) is 25.8. The lowest BCUT2D eigenvalue weighted by atomic mass is 10.1. The second-order valence-electron chi connectivity index (χ2n) is 12.0. The number of rotatable bonds is 25. The number of carbonyl (C=O) groups excluding carboxylic acids is 1. The van der Waals surface area contributed by atoms with E-state index in [9.17, 15) is 33.1 Å². The number of nitrogens with two attached hydrogens (primary N) is 1. The number of carbonyl (C=O) groups is 1. The number of hydrogen-bond acceptors (Lipinski definition) is 17. The largest absolute Gasteiger partial charge is 0.490 e. The van der Waals surface area contributed by atoms with Crippen molar-refractivity contribution in [1.29, 1.82) is 0 Å². The number of phosphoric acid groups is 3. The van der Waals surface area contributed by atoms with E-state index in [0.717, 1.165) is 23.8 Å². The third-order valence-electron chi connectivity index (χ3n) is 6.92. The molecule has 6 N–H and O–H groups in total. The molecule has 54 heavy (non-hydrogen) atoms. The van der Waals surface area contributed by atoms with Crippen LogP contribution in [0.5, 0.6) is 0 Å². The van der Waals surface area contributed by atoms with E-state index in [-0.39, 0.29) is 47.9 Å². The quantitative estimate of drug-likeness (QED) is 0.0229. The van der Waals surface area contributed by atoms with E-state index in [4.69, 9.17) is 50.2 Å². The number of hydrogen-bond donors (Lipinski definition) is 5. The van der Waals surface area contributed by atoms with Gasteiger partial charge in [0.2, 0.25) is 0 Å². The summed E-state index contributed by atoms with van der Waals surface area (Å²) in [7, 11) is -13.9. The van der Waals surface area contributed by atoms with Gasteiger partial charge < -0.3 is 44.3 Å². The average molecular weight is 904 g/mol. The van der Waals surface area contributed by atoms with Crippen molar-refractivity contribution >= 4 is 77.5 Å². The number of aromatic nitrogens is 2. The van der Waals surface area contributed by atoms with E-state index in [1.165, 1.54) is 6.20 Å². The van der Waals surface area contributed by atoms with Crippen molar-refractivity contribution in [2.75, 3.05) is 43.2 Å². The predicted molar refractivity (Wildman–Crippen MR) is 208 cm³/mol. The summed E-state index contributed by atoms with van der Waals surface area (Å²) in [5, 5.41) is 0. The maximum absolute atomic E-state index is 12.8. The molecule has 0 bridgehead atoms. The molecule has 2 rings (SSSR count). The van der Waals surface area contributed by atoms with Gasteiger partial charge in [0.05, 0.1) is 37.2 Å². The van der Waals surface area contributed by atoms with Gasteiger partial charge in [-0.05, 0) is 50.1 Å². The summed E-state index contributed by atoms with van der Waals surface area (Å²) in [5.74, 6) is 6.25. The van der Waals surface area contributed by atoms with Crippen molar-refractivity contribution < 1.29 is 70.2 Å². The van der Waals surface area contributed by atoms with Crippen molar-refractivity contribution in [2.45, 2.75) is 95.8 Å². The normalized spacial score (nSPS) is 20.4. The number of nitrogens with zero attached hydrogens (tertiary/aromatic N) is 2. The van der Waals surface area contributed by atoms with Crippen molar-refractivity contribution in [3.05, 3.63) is 22.2 Å². The summed E-state index contributed by atoms with van der Waals surface area (Å²) >= 11 is 5.30. The highest BCUT2D eigenvalue weighted by Gasteiger charge is 2.43. The average Bonchev–Trinajstić information content (AvgIpc) is 3.45. The zero-order chi connectivity index (χ0) is 40.6. The van der Waals surface area contributed by atoms with Gasteiger partial charge in [-0.1, -0.05) is 63.2 Å². The van der Waals surface area contributed by atoms with Gasteiger partial charge in [-0.15, -0.1) is 0 Å². The lowest BCUT2D eigenvalue weighted by Gasteiger charge is -2.22. The van der Waals surface area contributed by atoms with Crippen LogP contribution >= 0.6 is 45.1 Å². The monoisotopic (exact) mass is 903 g/mol. The number of ether oxygens (including phenoxy) is 4. The SMILES string of the molecule is CCCC(C)(C)SSCOCCCCOC(=O)CCC#Cc1cn([C@H]2C[C@H](OCS(=S)CC)[C@@H](COP(=O)(O)OP(=O)(O)OP(=O)(O)O)O2)c(=O)nc1N. The fourth-order valence-electron chi connectivity index (χ4n) is 4.51. The minimum Gasteiger partial charge on any atom is -0.466 e. The summed E-state index contributed by atoms with van der Waals surface area (Å²) in [6.45, 7) is 8.45. The Morgan fingerprint density at radius 3 is 2.54 bits per heavy atom. The molecule has 2 heterocycles. The van der Waals surface area contributed by atoms with Gasteiger partial charge in [-0.2, -0.15) is 13.6 Å². The Balaban J connectivity index is 1.94. The Labute approximate surface area is 328 Å². The standard InChI is InChI=1S/C28H48N3O16P3S4/c1-5-13-28(3,4)53-52-19-41-14-9-10-15-42-25(32)12-8-7-11-21-17-31(27(33)30-26(21)29)24-16-22(43-20-54(51)6-2)23(45-24)18-44-49(37,38)47-50(39,40)46-48(34,35)36/h17,22-24H,5-6,8-10,12-16,18-20H2,1-4H3,(H,37,38)(H,39,40)(H2,29,30,33)(H2,34,35,36)/t22-,23+,24+,54?/m0/s1. The highest BCUT2D eigenvalue weighted by molar-refractivity contribution is 8.77. The first kappa shape index (κ1) is 49.4. The highest BCUT2D eigenvalue weighted by Crippen LogP contribution is 2.66. The molecule has 0 aliphatic carbocycles. The zero-order valence-electron chi connectivity index (χ0n) is 30.1. The van der Waals surface area contributed by atoms with Gasteiger partial charge >= 0.3 is 35.1 Å². The molecule has 1 saturated heterocycles. The van der Waals surface area contributed by atoms with Crippen molar-refractivity contribution in [3.8, 4) is 11.8 Å². The molecule has 1 aliphatic rings. The van der Waals surface area contributed by atoms with Gasteiger partial charge in [0, 0.05) is 30.4 Å². The van der Waals surface area contributed by atoms with Crippen molar-refractivity contribution in [3.63, 3.8) is 0 Å². The molecule has 0 saturated carbocycles. The first-order chi connectivity index (χ1) is 25.2. The Morgan fingerprint density at radius 1 is 1.17 bits per heavy atom. The Kier molecular flexibility index (Phi) is 21.6. The lowest BCUT2D eigenvalue weighted by molar-refractivity contribution is -0.143. The van der Waals surface area contributed by atoms with E-state index in [1.807, 2.05) is 17.7 Å².